The van der Waals surface area contributed by atoms with E-state index in [1.54, 1.807) is 16.7 Å². The third-order valence-corrected chi connectivity index (χ3v) is 7.02. The molecule has 0 amide bonds. The molecule has 1 N–H and O–H groups in total. The lowest BCUT2D eigenvalue weighted by Gasteiger charge is -2.33. The maximum absolute atomic E-state index is 14.0. The van der Waals surface area contributed by atoms with Crippen LogP contribution in [0.15, 0.2) is 47.3 Å². The van der Waals surface area contributed by atoms with E-state index in [1.807, 2.05) is 26.0 Å². The molecule has 2 aromatic carbocycles. The van der Waals surface area contributed by atoms with Gasteiger partial charge in [0.1, 0.15) is 11.6 Å². The lowest BCUT2D eigenvalue weighted by atomic mass is 9.94. The molecule has 0 saturated carbocycles. The fraction of sp³-hybridized carbons (Fsp3) is 0.462. The summed E-state index contributed by atoms with van der Waals surface area (Å²) in [6.07, 6.45) is 2.29. The SMILES string of the molecule is CC(C)(CO)Cn1c(-c2cccc(F)c2)nc2ccc(N3CCN4CCC3CC4)cc2c1=O. The van der Waals surface area contributed by atoms with Gasteiger partial charge in [-0.1, -0.05) is 26.0 Å². The average Bonchev–Trinajstić information content (AvgIpc) is 3.14. The number of fused-ring (bicyclic) bond motifs is 5. The zero-order valence-corrected chi connectivity index (χ0v) is 19.3. The topological polar surface area (TPSA) is 61.6 Å². The minimum absolute atomic E-state index is 0.0773. The Kier molecular flexibility index (Phi) is 5.70. The van der Waals surface area contributed by atoms with Crippen molar-refractivity contribution in [3.8, 4) is 11.4 Å². The standard InChI is InChI=1S/C26H31FN4O2/c1-26(2,17-32)16-31-24(18-4-3-5-19(27)14-18)28-23-7-6-21(15-22(23)25(31)33)30-13-12-29-10-8-20(30)9-11-29/h3-7,14-15,20,32H,8-13,16-17H2,1-2H3. The summed E-state index contributed by atoms with van der Waals surface area (Å²) in [5, 5.41) is 10.4. The highest BCUT2D eigenvalue weighted by Gasteiger charge is 2.29. The summed E-state index contributed by atoms with van der Waals surface area (Å²) in [4.78, 5) is 23.5. The minimum Gasteiger partial charge on any atom is -0.396 e. The Balaban J connectivity index is 1.65. The molecule has 3 fully saturated rings. The van der Waals surface area contributed by atoms with Crippen molar-refractivity contribution in [1.29, 1.82) is 0 Å². The van der Waals surface area contributed by atoms with Gasteiger partial charge in [0.25, 0.3) is 5.56 Å². The molecular weight excluding hydrogens is 419 g/mol. The largest absolute Gasteiger partial charge is 0.396 e. The van der Waals surface area contributed by atoms with Crippen molar-refractivity contribution in [2.24, 2.45) is 5.41 Å². The first-order chi connectivity index (χ1) is 15.8. The number of benzene rings is 2. The van der Waals surface area contributed by atoms with Crippen molar-refractivity contribution in [2.45, 2.75) is 39.3 Å². The van der Waals surface area contributed by atoms with E-state index in [1.165, 1.54) is 12.1 Å². The molecule has 174 valence electrons. The van der Waals surface area contributed by atoms with E-state index in [0.29, 0.717) is 28.3 Å². The zero-order chi connectivity index (χ0) is 23.2. The van der Waals surface area contributed by atoms with Gasteiger partial charge in [0, 0.05) is 62.0 Å². The number of hydrogen-bond acceptors (Lipinski definition) is 5. The van der Waals surface area contributed by atoms with E-state index in [0.717, 1.165) is 44.7 Å². The predicted molar refractivity (Wildman–Crippen MR) is 129 cm³/mol. The smallest absolute Gasteiger partial charge is 0.261 e. The van der Waals surface area contributed by atoms with E-state index in [2.05, 4.69) is 15.9 Å². The maximum atomic E-state index is 14.0. The Labute approximate surface area is 193 Å². The highest BCUT2D eigenvalue weighted by Crippen LogP contribution is 2.30. The van der Waals surface area contributed by atoms with Gasteiger partial charge in [-0.3, -0.25) is 9.36 Å². The van der Waals surface area contributed by atoms with Gasteiger partial charge in [0.05, 0.1) is 10.9 Å². The second-order valence-corrected chi connectivity index (χ2v) is 10.1. The van der Waals surface area contributed by atoms with E-state index < -0.39 is 5.41 Å². The number of halogens is 1. The van der Waals surface area contributed by atoms with Gasteiger partial charge in [0.15, 0.2) is 0 Å². The Morgan fingerprint density at radius 3 is 2.61 bits per heavy atom. The van der Waals surface area contributed by atoms with Gasteiger partial charge in [-0.05, 0) is 43.2 Å². The Morgan fingerprint density at radius 1 is 1.09 bits per heavy atom. The summed E-state index contributed by atoms with van der Waals surface area (Å²) >= 11 is 0. The fourth-order valence-electron chi connectivity index (χ4n) is 5.09. The second-order valence-electron chi connectivity index (χ2n) is 10.1. The molecule has 0 unspecified atom stereocenters. The molecule has 0 radical (unpaired) electrons. The van der Waals surface area contributed by atoms with Crippen LogP contribution in [0.25, 0.3) is 22.3 Å². The summed E-state index contributed by atoms with van der Waals surface area (Å²) in [6.45, 7) is 8.27. The molecule has 7 heteroatoms. The van der Waals surface area contributed by atoms with Crippen molar-refractivity contribution in [2.75, 3.05) is 37.7 Å². The molecular formula is C26H31FN4O2. The molecule has 3 aromatic rings. The van der Waals surface area contributed by atoms with Gasteiger partial charge >= 0.3 is 0 Å². The molecule has 1 aromatic heterocycles. The number of nitrogens with zero attached hydrogens (tertiary/aromatic N) is 4. The van der Waals surface area contributed by atoms with Gasteiger partial charge in [-0.15, -0.1) is 0 Å². The number of aliphatic hydroxyl groups is 1. The first-order valence-electron chi connectivity index (χ1n) is 11.7. The second kappa shape index (κ2) is 8.54. The van der Waals surface area contributed by atoms with Crippen LogP contribution in [0.3, 0.4) is 0 Å². The van der Waals surface area contributed by atoms with Crippen molar-refractivity contribution in [3.63, 3.8) is 0 Å². The van der Waals surface area contributed by atoms with Crippen LogP contribution < -0.4 is 10.5 Å². The third kappa shape index (κ3) is 4.27. The van der Waals surface area contributed by atoms with Gasteiger partial charge in [0.2, 0.25) is 0 Å². The van der Waals surface area contributed by atoms with Crippen LogP contribution in [0.1, 0.15) is 26.7 Å². The molecule has 6 rings (SSSR count). The lowest BCUT2D eigenvalue weighted by molar-refractivity contribution is 0.140. The van der Waals surface area contributed by atoms with Gasteiger partial charge in [-0.2, -0.15) is 0 Å². The first-order valence-corrected chi connectivity index (χ1v) is 11.7. The van der Waals surface area contributed by atoms with E-state index >= 15 is 0 Å². The van der Waals surface area contributed by atoms with Crippen LogP contribution in [0.4, 0.5) is 10.1 Å². The van der Waals surface area contributed by atoms with Crippen LogP contribution in [0.5, 0.6) is 0 Å². The molecule has 0 atom stereocenters. The summed E-state index contributed by atoms with van der Waals surface area (Å²) in [5.74, 6) is 0.0411. The van der Waals surface area contributed by atoms with Crippen molar-refractivity contribution >= 4 is 16.6 Å². The van der Waals surface area contributed by atoms with Crippen LogP contribution in [-0.2, 0) is 6.54 Å². The molecule has 3 saturated heterocycles. The Hall–Kier alpha value is -2.77. The van der Waals surface area contributed by atoms with E-state index in [4.69, 9.17) is 4.98 Å². The molecule has 2 bridgehead atoms. The highest BCUT2D eigenvalue weighted by molar-refractivity contribution is 5.83. The predicted octanol–water partition coefficient (Wildman–Crippen LogP) is 3.51. The third-order valence-electron chi connectivity index (χ3n) is 7.02. The molecule has 0 spiro atoms. The summed E-state index contributed by atoms with van der Waals surface area (Å²) < 4.78 is 15.6. The van der Waals surface area contributed by atoms with Crippen molar-refractivity contribution in [1.82, 2.24) is 14.5 Å². The Morgan fingerprint density at radius 2 is 1.88 bits per heavy atom. The number of piperidine rings is 1. The van der Waals surface area contributed by atoms with Gasteiger partial charge < -0.3 is 14.9 Å². The normalized spacial score (nSPS) is 20.9. The quantitative estimate of drug-likeness (QED) is 0.645. The molecule has 0 aliphatic carbocycles. The van der Waals surface area contributed by atoms with Gasteiger partial charge in [-0.25, -0.2) is 9.37 Å². The molecule has 6 nitrogen and oxygen atoms in total. The molecule has 33 heavy (non-hydrogen) atoms. The maximum Gasteiger partial charge on any atom is 0.261 e. The van der Waals surface area contributed by atoms with Crippen LogP contribution in [0.2, 0.25) is 0 Å². The summed E-state index contributed by atoms with van der Waals surface area (Å²) in [5.41, 5.74) is 1.51. The van der Waals surface area contributed by atoms with Crippen LogP contribution >= 0.6 is 0 Å². The number of aromatic nitrogens is 2. The summed E-state index contributed by atoms with van der Waals surface area (Å²) in [6, 6.07) is 12.6. The lowest BCUT2D eigenvalue weighted by Crippen LogP contribution is -2.38. The number of aliphatic hydroxyl groups excluding tert-OH is 1. The zero-order valence-electron chi connectivity index (χ0n) is 19.3. The van der Waals surface area contributed by atoms with Crippen molar-refractivity contribution < 1.29 is 9.50 Å². The number of anilines is 1. The highest BCUT2D eigenvalue weighted by atomic mass is 19.1. The summed E-state index contributed by atoms with van der Waals surface area (Å²) in [7, 11) is 0. The van der Waals surface area contributed by atoms with E-state index in [-0.39, 0.29) is 24.5 Å². The minimum atomic E-state index is -0.531. The average molecular weight is 451 g/mol. The fourth-order valence-corrected chi connectivity index (χ4v) is 5.09. The molecule has 4 heterocycles. The van der Waals surface area contributed by atoms with Crippen LogP contribution in [0, 0.1) is 11.2 Å². The number of hydrogen-bond donors (Lipinski definition) is 1. The van der Waals surface area contributed by atoms with Crippen molar-refractivity contribution in [3.05, 3.63) is 58.6 Å². The molecule has 3 aliphatic rings. The monoisotopic (exact) mass is 450 g/mol. The van der Waals surface area contributed by atoms with E-state index in [9.17, 15) is 14.3 Å². The first kappa shape index (κ1) is 22.0. The number of rotatable bonds is 5. The Bertz CT molecular complexity index is 1230. The molecule has 3 aliphatic heterocycles. The van der Waals surface area contributed by atoms with Crippen LogP contribution in [-0.4, -0.2) is 58.4 Å².